The molecule has 2 aliphatic carbocycles. The van der Waals surface area contributed by atoms with E-state index in [0.29, 0.717) is 12.1 Å². The molecule has 2 unspecified atom stereocenters. The second kappa shape index (κ2) is 6.80. The highest BCUT2D eigenvalue weighted by Crippen LogP contribution is 2.35. The Morgan fingerprint density at radius 1 is 1.24 bits per heavy atom. The van der Waals surface area contributed by atoms with Crippen LogP contribution >= 0.6 is 0 Å². The van der Waals surface area contributed by atoms with Gasteiger partial charge in [0.1, 0.15) is 5.75 Å². The summed E-state index contributed by atoms with van der Waals surface area (Å²) in [5.41, 5.74) is 2.77. The molecule has 3 nitrogen and oxygen atoms in total. The minimum atomic E-state index is 0.302. The van der Waals surface area contributed by atoms with Crippen LogP contribution in [0.1, 0.15) is 49.3 Å². The summed E-state index contributed by atoms with van der Waals surface area (Å²) < 4.78 is 11.5. The third-order valence-corrected chi connectivity index (χ3v) is 5.15. The van der Waals surface area contributed by atoms with Gasteiger partial charge in [0.2, 0.25) is 0 Å². The number of hydrogen-bond acceptors (Lipinski definition) is 3. The smallest absolute Gasteiger partial charge is 0.119 e. The van der Waals surface area contributed by atoms with Crippen molar-refractivity contribution in [1.29, 1.82) is 0 Å². The van der Waals surface area contributed by atoms with Crippen molar-refractivity contribution in [2.45, 2.75) is 50.7 Å². The number of fused-ring (bicyclic) bond motifs is 1. The molecule has 0 spiro atoms. The van der Waals surface area contributed by atoms with E-state index < -0.39 is 0 Å². The van der Waals surface area contributed by atoms with Crippen molar-refractivity contribution in [3.8, 4) is 5.75 Å². The Balaban J connectivity index is 1.63. The van der Waals surface area contributed by atoms with Crippen molar-refractivity contribution in [1.82, 2.24) is 5.32 Å². The number of nitrogens with one attached hydrogen (secondary N) is 1. The van der Waals surface area contributed by atoms with Crippen LogP contribution in [0, 0.1) is 5.92 Å². The number of aryl methyl sites for hydroxylation is 1. The monoisotopic (exact) mass is 289 g/mol. The number of likely N-dealkylation sites (N-methyl/N-ethyl adjacent to an activating group) is 1. The number of methoxy groups -OCH3 is 1. The Morgan fingerprint density at radius 2 is 2.10 bits per heavy atom. The zero-order valence-electron chi connectivity index (χ0n) is 13.2. The fourth-order valence-electron chi connectivity index (χ4n) is 3.58. The quantitative estimate of drug-likeness (QED) is 0.869. The molecule has 3 rings (SSSR count). The second-order valence-corrected chi connectivity index (χ2v) is 6.36. The van der Waals surface area contributed by atoms with Gasteiger partial charge in [0.05, 0.1) is 19.3 Å². The van der Waals surface area contributed by atoms with Gasteiger partial charge in [-0.05, 0) is 55.5 Å². The summed E-state index contributed by atoms with van der Waals surface area (Å²) in [6.45, 7) is 0.916. The van der Waals surface area contributed by atoms with Gasteiger partial charge in [-0.2, -0.15) is 0 Å². The molecule has 1 aromatic carbocycles. The maximum atomic E-state index is 6.21. The van der Waals surface area contributed by atoms with E-state index in [9.17, 15) is 0 Å². The third kappa shape index (κ3) is 3.24. The van der Waals surface area contributed by atoms with Crippen molar-refractivity contribution >= 4 is 0 Å². The largest absolute Gasteiger partial charge is 0.497 e. The minimum absolute atomic E-state index is 0.302. The lowest BCUT2D eigenvalue weighted by Crippen LogP contribution is -2.36. The highest BCUT2D eigenvalue weighted by molar-refractivity contribution is 5.39. The van der Waals surface area contributed by atoms with Crippen LogP contribution < -0.4 is 10.1 Å². The highest BCUT2D eigenvalue weighted by Gasteiger charge is 2.29. The molecule has 0 heterocycles. The molecular formula is C18H27NO2. The van der Waals surface area contributed by atoms with E-state index in [2.05, 4.69) is 23.5 Å². The topological polar surface area (TPSA) is 30.5 Å². The van der Waals surface area contributed by atoms with Gasteiger partial charge in [-0.1, -0.05) is 25.3 Å². The van der Waals surface area contributed by atoms with Crippen LogP contribution in [0.25, 0.3) is 0 Å². The molecule has 2 atom stereocenters. The van der Waals surface area contributed by atoms with Crippen LogP contribution in [0.3, 0.4) is 0 Å². The van der Waals surface area contributed by atoms with E-state index >= 15 is 0 Å². The van der Waals surface area contributed by atoms with Crippen LogP contribution in [-0.4, -0.2) is 26.9 Å². The first kappa shape index (κ1) is 14.9. The number of rotatable bonds is 6. The molecule has 0 aromatic heterocycles. The van der Waals surface area contributed by atoms with Crippen molar-refractivity contribution in [2.24, 2.45) is 5.92 Å². The van der Waals surface area contributed by atoms with Crippen LogP contribution in [0.4, 0.5) is 0 Å². The van der Waals surface area contributed by atoms with E-state index in [1.807, 2.05) is 7.05 Å². The third-order valence-electron chi connectivity index (χ3n) is 5.15. The van der Waals surface area contributed by atoms with Crippen molar-refractivity contribution in [3.05, 3.63) is 29.3 Å². The second-order valence-electron chi connectivity index (χ2n) is 6.36. The minimum Gasteiger partial charge on any atom is -0.497 e. The van der Waals surface area contributed by atoms with Crippen molar-refractivity contribution in [3.63, 3.8) is 0 Å². The zero-order valence-corrected chi connectivity index (χ0v) is 13.2. The SMILES string of the molecule is CNC1c2ccc(OC)cc2CCC1OCCC1CCC1. The number of hydrogen-bond donors (Lipinski definition) is 1. The summed E-state index contributed by atoms with van der Waals surface area (Å²) in [5, 5.41) is 3.45. The fraction of sp³-hybridized carbons (Fsp3) is 0.667. The summed E-state index contributed by atoms with van der Waals surface area (Å²) in [6.07, 6.45) is 7.95. The Labute approximate surface area is 128 Å². The molecule has 1 saturated carbocycles. The molecule has 0 saturated heterocycles. The fourth-order valence-corrected chi connectivity index (χ4v) is 3.58. The maximum Gasteiger partial charge on any atom is 0.119 e. The van der Waals surface area contributed by atoms with E-state index in [-0.39, 0.29) is 0 Å². The van der Waals surface area contributed by atoms with Gasteiger partial charge in [-0.15, -0.1) is 0 Å². The molecule has 1 fully saturated rings. The predicted molar refractivity (Wildman–Crippen MR) is 84.8 cm³/mol. The predicted octanol–water partition coefficient (Wildman–Crippen LogP) is 3.48. The van der Waals surface area contributed by atoms with E-state index in [0.717, 1.165) is 31.1 Å². The van der Waals surface area contributed by atoms with Gasteiger partial charge < -0.3 is 14.8 Å². The van der Waals surface area contributed by atoms with E-state index in [1.54, 1.807) is 7.11 Å². The summed E-state index contributed by atoms with van der Waals surface area (Å²) in [4.78, 5) is 0. The van der Waals surface area contributed by atoms with Crippen molar-refractivity contribution < 1.29 is 9.47 Å². The molecule has 2 aliphatic rings. The summed E-state index contributed by atoms with van der Waals surface area (Å²) in [5.74, 6) is 1.88. The van der Waals surface area contributed by atoms with Gasteiger partial charge >= 0.3 is 0 Å². The Bertz CT molecular complexity index is 470. The van der Waals surface area contributed by atoms with E-state index in [1.165, 1.54) is 36.8 Å². The lowest BCUT2D eigenvalue weighted by atomic mass is 9.83. The molecule has 3 heteroatoms. The average Bonchev–Trinajstić information content (AvgIpc) is 2.48. The Morgan fingerprint density at radius 3 is 2.76 bits per heavy atom. The van der Waals surface area contributed by atoms with Crippen molar-refractivity contribution in [2.75, 3.05) is 20.8 Å². The normalized spacial score (nSPS) is 25.2. The van der Waals surface area contributed by atoms with Gasteiger partial charge in [0, 0.05) is 6.61 Å². The average molecular weight is 289 g/mol. The van der Waals surface area contributed by atoms with Gasteiger partial charge in [-0.3, -0.25) is 0 Å². The number of benzene rings is 1. The summed E-state index contributed by atoms with van der Waals surface area (Å²) in [6, 6.07) is 6.72. The van der Waals surface area contributed by atoms with Crippen LogP contribution in [0.15, 0.2) is 18.2 Å². The first-order valence-corrected chi connectivity index (χ1v) is 8.27. The highest BCUT2D eigenvalue weighted by atomic mass is 16.5. The molecule has 0 radical (unpaired) electrons. The molecular weight excluding hydrogens is 262 g/mol. The van der Waals surface area contributed by atoms with Gasteiger partial charge in [0.15, 0.2) is 0 Å². The number of ether oxygens (including phenoxy) is 2. The zero-order chi connectivity index (χ0) is 14.7. The first-order valence-electron chi connectivity index (χ1n) is 8.27. The molecule has 1 N–H and O–H groups in total. The molecule has 0 aliphatic heterocycles. The first-order chi connectivity index (χ1) is 10.3. The van der Waals surface area contributed by atoms with E-state index in [4.69, 9.17) is 9.47 Å². The lowest BCUT2D eigenvalue weighted by Gasteiger charge is -2.34. The summed E-state index contributed by atoms with van der Waals surface area (Å²) in [7, 11) is 3.76. The molecule has 0 amide bonds. The molecule has 1 aromatic rings. The van der Waals surface area contributed by atoms with Crippen LogP contribution in [-0.2, 0) is 11.2 Å². The molecule has 0 bridgehead atoms. The molecule has 116 valence electrons. The van der Waals surface area contributed by atoms with Gasteiger partial charge in [0.25, 0.3) is 0 Å². The van der Waals surface area contributed by atoms with Crippen LogP contribution in [0.2, 0.25) is 0 Å². The maximum absolute atomic E-state index is 6.21. The van der Waals surface area contributed by atoms with Gasteiger partial charge in [-0.25, -0.2) is 0 Å². The van der Waals surface area contributed by atoms with Crippen LogP contribution in [0.5, 0.6) is 5.75 Å². The summed E-state index contributed by atoms with van der Waals surface area (Å²) >= 11 is 0. The standard InChI is InChI=1S/C18H27NO2/c1-19-18-16-8-7-15(20-2)12-14(16)6-9-17(18)21-11-10-13-4-3-5-13/h7-8,12-13,17-19H,3-6,9-11H2,1-2H3. The Hall–Kier alpha value is -1.06. The Kier molecular flexibility index (Phi) is 4.81. The molecule has 21 heavy (non-hydrogen) atoms. The lowest BCUT2D eigenvalue weighted by molar-refractivity contribution is 0.00625.